The Balaban J connectivity index is 1.50. The number of nitrogens with one attached hydrogen (secondary N) is 1. The number of anilines is 1. The van der Waals surface area contributed by atoms with Crippen molar-refractivity contribution in [1.82, 2.24) is 9.88 Å². The van der Waals surface area contributed by atoms with E-state index in [0.29, 0.717) is 23.8 Å². The number of para-hydroxylation sites is 1. The largest absolute Gasteiger partial charge is 0.487 e. The number of rotatable bonds is 3. The van der Waals surface area contributed by atoms with Crippen LogP contribution in [0.2, 0.25) is 5.02 Å². The smallest absolute Gasteiger partial charge is 0.322 e. The molecule has 0 spiro atoms. The minimum atomic E-state index is -0.169. The van der Waals surface area contributed by atoms with Gasteiger partial charge in [-0.2, -0.15) is 0 Å². The SMILES string of the molecule is O=C(Nc1ccccc1Cl)N1CC(Oc2ccncc2)C1. The number of halogens is 1. The van der Waals surface area contributed by atoms with Crippen molar-refractivity contribution in [2.24, 2.45) is 0 Å². The van der Waals surface area contributed by atoms with Crippen molar-refractivity contribution < 1.29 is 9.53 Å². The Hall–Kier alpha value is -2.27. The predicted molar refractivity (Wildman–Crippen MR) is 80.7 cm³/mol. The van der Waals surface area contributed by atoms with E-state index in [9.17, 15) is 4.79 Å². The zero-order valence-electron chi connectivity index (χ0n) is 11.2. The van der Waals surface area contributed by atoms with Crippen molar-refractivity contribution in [2.45, 2.75) is 6.10 Å². The van der Waals surface area contributed by atoms with Crippen molar-refractivity contribution in [3.05, 3.63) is 53.8 Å². The van der Waals surface area contributed by atoms with Gasteiger partial charge in [0.2, 0.25) is 0 Å². The van der Waals surface area contributed by atoms with Gasteiger partial charge in [-0.1, -0.05) is 23.7 Å². The number of pyridine rings is 1. The van der Waals surface area contributed by atoms with Gasteiger partial charge in [0.05, 0.1) is 23.8 Å². The molecule has 1 aliphatic heterocycles. The van der Waals surface area contributed by atoms with Gasteiger partial charge in [-0.15, -0.1) is 0 Å². The van der Waals surface area contributed by atoms with Crippen LogP contribution in [0.25, 0.3) is 0 Å². The van der Waals surface area contributed by atoms with Crippen molar-refractivity contribution >= 4 is 23.3 Å². The molecule has 0 saturated carbocycles. The van der Waals surface area contributed by atoms with E-state index in [2.05, 4.69) is 10.3 Å². The molecule has 0 radical (unpaired) electrons. The molecule has 5 nitrogen and oxygen atoms in total. The molecule has 1 aromatic carbocycles. The quantitative estimate of drug-likeness (QED) is 0.948. The Kier molecular flexibility index (Phi) is 3.92. The van der Waals surface area contributed by atoms with Crippen LogP contribution >= 0.6 is 11.6 Å². The maximum absolute atomic E-state index is 12.0. The van der Waals surface area contributed by atoms with Crippen LogP contribution in [0, 0.1) is 0 Å². The number of carbonyl (C=O) groups excluding carboxylic acids is 1. The summed E-state index contributed by atoms with van der Waals surface area (Å²) in [6.07, 6.45) is 3.37. The normalized spacial score (nSPS) is 14.4. The van der Waals surface area contributed by atoms with Gasteiger partial charge in [0.1, 0.15) is 11.9 Å². The molecular weight excluding hydrogens is 290 g/mol. The summed E-state index contributed by atoms with van der Waals surface area (Å²) in [5, 5.41) is 3.31. The zero-order chi connectivity index (χ0) is 14.7. The van der Waals surface area contributed by atoms with E-state index >= 15 is 0 Å². The van der Waals surface area contributed by atoms with Crippen LogP contribution < -0.4 is 10.1 Å². The number of benzene rings is 1. The van der Waals surface area contributed by atoms with Crippen LogP contribution in [0.5, 0.6) is 5.75 Å². The summed E-state index contributed by atoms with van der Waals surface area (Å²) in [4.78, 5) is 17.6. The first-order valence-corrected chi connectivity index (χ1v) is 6.97. The molecule has 108 valence electrons. The molecular formula is C15H14ClN3O2. The third kappa shape index (κ3) is 3.25. The van der Waals surface area contributed by atoms with Gasteiger partial charge < -0.3 is 15.0 Å². The van der Waals surface area contributed by atoms with E-state index in [1.165, 1.54) is 0 Å². The summed E-state index contributed by atoms with van der Waals surface area (Å²) in [6.45, 7) is 1.11. The van der Waals surface area contributed by atoms with Gasteiger partial charge in [0, 0.05) is 12.4 Å². The summed E-state index contributed by atoms with van der Waals surface area (Å²) in [6, 6.07) is 10.6. The van der Waals surface area contributed by atoms with Crippen LogP contribution in [0.4, 0.5) is 10.5 Å². The summed E-state index contributed by atoms with van der Waals surface area (Å²) in [7, 11) is 0. The van der Waals surface area contributed by atoms with Gasteiger partial charge in [-0.05, 0) is 24.3 Å². The highest BCUT2D eigenvalue weighted by atomic mass is 35.5. The fraction of sp³-hybridized carbons (Fsp3) is 0.200. The molecule has 2 aromatic rings. The second-order valence-electron chi connectivity index (χ2n) is 4.74. The van der Waals surface area contributed by atoms with E-state index in [1.807, 2.05) is 12.1 Å². The molecule has 0 unspecified atom stereocenters. The lowest BCUT2D eigenvalue weighted by Crippen LogP contribution is -2.57. The zero-order valence-corrected chi connectivity index (χ0v) is 12.0. The maximum Gasteiger partial charge on any atom is 0.322 e. The molecule has 1 N–H and O–H groups in total. The fourth-order valence-electron chi connectivity index (χ4n) is 2.04. The number of amides is 2. The van der Waals surface area contributed by atoms with Crippen molar-refractivity contribution in [2.75, 3.05) is 18.4 Å². The van der Waals surface area contributed by atoms with Gasteiger partial charge in [0.15, 0.2) is 0 Å². The fourth-order valence-corrected chi connectivity index (χ4v) is 2.23. The minimum Gasteiger partial charge on any atom is -0.487 e. The van der Waals surface area contributed by atoms with Crippen LogP contribution in [-0.4, -0.2) is 35.1 Å². The lowest BCUT2D eigenvalue weighted by atomic mass is 10.2. The van der Waals surface area contributed by atoms with Gasteiger partial charge >= 0.3 is 6.03 Å². The van der Waals surface area contributed by atoms with Crippen LogP contribution in [0.3, 0.4) is 0 Å². The average Bonchev–Trinajstić information content (AvgIpc) is 2.46. The third-order valence-corrected chi connectivity index (χ3v) is 3.53. The minimum absolute atomic E-state index is 0.0180. The number of carbonyl (C=O) groups is 1. The van der Waals surface area contributed by atoms with Crippen LogP contribution in [0.15, 0.2) is 48.8 Å². The highest BCUT2D eigenvalue weighted by molar-refractivity contribution is 6.33. The van der Waals surface area contributed by atoms with Gasteiger partial charge in [0.25, 0.3) is 0 Å². The first-order chi connectivity index (χ1) is 10.2. The molecule has 0 atom stereocenters. The molecule has 6 heteroatoms. The van der Waals surface area contributed by atoms with Crippen LogP contribution in [0.1, 0.15) is 0 Å². The first kappa shape index (κ1) is 13.7. The van der Waals surface area contributed by atoms with Crippen molar-refractivity contribution in [1.29, 1.82) is 0 Å². The maximum atomic E-state index is 12.0. The Morgan fingerprint density at radius 2 is 1.95 bits per heavy atom. The number of urea groups is 1. The summed E-state index contributed by atoms with van der Waals surface area (Å²) < 4.78 is 5.72. The summed E-state index contributed by atoms with van der Waals surface area (Å²) >= 11 is 6.01. The Labute approximate surface area is 127 Å². The van der Waals surface area contributed by atoms with Crippen molar-refractivity contribution in [3.8, 4) is 5.75 Å². The van der Waals surface area contributed by atoms with Crippen LogP contribution in [-0.2, 0) is 0 Å². The molecule has 1 saturated heterocycles. The lowest BCUT2D eigenvalue weighted by molar-refractivity contribution is 0.0492. The second kappa shape index (κ2) is 6.01. The highest BCUT2D eigenvalue weighted by Crippen LogP contribution is 2.22. The monoisotopic (exact) mass is 303 g/mol. The molecule has 1 aliphatic rings. The number of likely N-dealkylation sites (tertiary alicyclic amines) is 1. The average molecular weight is 304 g/mol. The molecule has 1 aromatic heterocycles. The standard InChI is InChI=1S/C15H14ClN3O2/c16-13-3-1-2-4-14(13)18-15(20)19-9-12(10-19)21-11-5-7-17-8-6-11/h1-8,12H,9-10H2,(H,18,20). The third-order valence-electron chi connectivity index (χ3n) is 3.20. The molecule has 2 heterocycles. The van der Waals surface area contributed by atoms with E-state index in [-0.39, 0.29) is 12.1 Å². The number of aromatic nitrogens is 1. The van der Waals surface area contributed by atoms with Crippen molar-refractivity contribution in [3.63, 3.8) is 0 Å². The molecule has 0 bridgehead atoms. The number of hydrogen-bond acceptors (Lipinski definition) is 3. The Morgan fingerprint density at radius 3 is 2.67 bits per heavy atom. The number of hydrogen-bond donors (Lipinski definition) is 1. The first-order valence-electron chi connectivity index (χ1n) is 6.59. The number of nitrogens with zero attached hydrogens (tertiary/aromatic N) is 2. The van der Waals surface area contributed by atoms with E-state index in [0.717, 1.165) is 5.75 Å². The highest BCUT2D eigenvalue weighted by Gasteiger charge is 2.32. The predicted octanol–water partition coefficient (Wildman–Crippen LogP) is 3.03. The second-order valence-corrected chi connectivity index (χ2v) is 5.14. The van der Waals surface area contributed by atoms with E-state index < -0.39 is 0 Å². The Bertz CT molecular complexity index is 630. The molecule has 3 rings (SSSR count). The van der Waals surface area contributed by atoms with Gasteiger partial charge in [-0.3, -0.25) is 4.98 Å². The molecule has 1 fully saturated rings. The summed E-state index contributed by atoms with van der Waals surface area (Å²) in [5.41, 5.74) is 0.614. The molecule has 2 amide bonds. The molecule has 21 heavy (non-hydrogen) atoms. The van der Waals surface area contributed by atoms with E-state index in [4.69, 9.17) is 16.3 Å². The summed E-state index contributed by atoms with van der Waals surface area (Å²) in [5.74, 6) is 0.765. The Morgan fingerprint density at radius 1 is 1.24 bits per heavy atom. The number of ether oxygens (including phenoxy) is 1. The topological polar surface area (TPSA) is 54.5 Å². The van der Waals surface area contributed by atoms with E-state index in [1.54, 1.807) is 41.6 Å². The molecule has 0 aliphatic carbocycles. The lowest BCUT2D eigenvalue weighted by Gasteiger charge is -2.38. The van der Waals surface area contributed by atoms with Gasteiger partial charge in [-0.25, -0.2) is 4.79 Å².